The maximum Gasteiger partial charge on any atom is 0.330 e. The summed E-state index contributed by atoms with van der Waals surface area (Å²) in [5.41, 5.74) is 8.18. The zero-order chi connectivity index (χ0) is 18.6. The highest BCUT2D eigenvalue weighted by molar-refractivity contribution is 5.95. The van der Waals surface area contributed by atoms with Gasteiger partial charge in [0.25, 0.3) is 0 Å². The van der Waals surface area contributed by atoms with Crippen LogP contribution in [0.1, 0.15) is 36.6 Å². The number of hydrogen-bond donors (Lipinski definition) is 4. The van der Waals surface area contributed by atoms with Crippen LogP contribution in [0.2, 0.25) is 0 Å². The van der Waals surface area contributed by atoms with Crippen LogP contribution in [0.25, 0.3) is 0 Å². The molecular weight excluding hydrogens is 354 g/mol. The van der Waals surface area contributed by atoms with Crippen LogP contribution in [0.5, 0.6) is 5.75 Å². The summed E-state index contributed by atoms with van der Waals surface area (Å²) in [6.45, 7) is 5.74. The number of carboxylic acids is 1. The van der Waals surface area contributed by atoms with E-state index in [4.69, 9.17) is 15.9 Å². The Hall–Kier alpha value is -2.73. The molecule has 6 nitrogen and oxygen atoms in total. The van der Waals surface area contributed by atoms with Gasteiger partial charge in [-0.15, -0.1) is 12.4 Å². The van der Waals surface area contributed by atoms with E-state index in [9.17, 15) is 9.90 Å². The van der Waals surface area contributed by atoms with E-state index >= 15 is 0 Å². The molecule has 0 spiro atoms. The highest BCUT2D eigenvalue weighted by Gasteiger charge is 2.21. The number of aryl methyl sites for hydroxylation is 1. The standard InChI is InChI=1S/C19H23N3O3.ClH/c1-11(2)25-16-9-12(3)8-14(10-16)17(19(23)24)22-15-6-4-13(5-7-15)18(20)21;/h4-11,17,22H,1-3H3,(H3,20,21)(H,23,24);1H. The van der Waals surface area contributed by atoms with E-state index in [1.165, 1.54) is 0 Å². The molecule has 140 valence electrons. The summed E-state index contributed by atoms with van der Waals surface area (Å²) < 4.78 is 5.70. The number of carboxylic acid groups (broad SMARTS) is 1. The molecule has 2 rings (SSSR count). The molecule has 0 heterocycles. The number of ether oxygens (including phenoxy) is 1. The van der Waals surface area contributed by atoms with Crippen LogP contribution in [-0.4, -0.2) is 23.0 Å². The lowest BCUT2D eigenvalue weighted by atomic mass is 10.0. The molecular formula is C19H24ClN3O3. The lowest BCUT2D eigenvalue weighted by molar-refractivity contribution is -0.138. The minimum absolute atomic E-state index is 0. The summed E-state index contributed by atoms with van der Waals surface area (Å²) in [7, 11) is 0. The average molecular weight is 378 g/mol. The first-order valence-corrected chi connectivity index (χ1v) is 7.98. The Morgan fingerprint density at radius 2 is 1.81 bits per heavy atom. The van der Waals surface area contributed by atoms with Crippen LogP contribution >= 0.6 is 12.4 Å². The second-order valence-corrected chi connectivity index (χ2v) is 6.15. The van der Waals surface area contributed by atoms with Gasteiger partial charge in [0.2, 0.25) is 0 Å². The molecule has 0 saturated carbocycles. The zero-order valence-corrected chi connectivity index (χ0v) is 15.8. The third kappa shape index (κ3) is 5.67. The van der Waals surface area contributed by atoms with Gasteiger partial charge in [-0.25, -0.2) is 4.79 Å². The predicted molar refractivity (Wildman–Crippen MR) is 106 cm³/mol. The number of nitrogen functional groups attached to an aromatic ring is 1. The smallest absolute Gasteiger partial charge is 0.330 e. The Balaban J connectivity index is 0.00000338. The highest BCUT2D eigenvalue weighted by Crippen LogP contribution is 2.26. The van der Waals surface area contributed by atoms with Crippen LogP contribution in [0.15, 0.2) is 42.5 Å². The number of hydrogen-bond acceptors (Lipinski definition) is 4. The molecule has 1 unspecified atom stereocenters. The first-order valence-electron chi connectivity index (χ1n) is 7.98. The van der Waals surface area contributed by atoms with Crippen LogP contribution < -0.4 is 15.8 Å². The van der Waals surface area contributed by atoms with Crippen LogP contribution in [0.4, 0.5) is 5.69 Å². The van der Waals surface area contributed by atoms with Crippen molar-refractivity contribution in [2.45, 2.75) is 32.9 Å². The van der Waals surface area contributed by atoms with Crippen molar-refractivity contribution in [1.82, 2.24) is 0 Å². The lowest BCUT2D eigenvalue weighted by Crippen LogP contribution is -2.21. The van der Waals surface area contributed by atoms with Crippen LogP contribution in [0.3, 0.4) is 0 Å². The molecule has 0 aliphatic carbocycles. The average Bonchev–Trinajstić information content (AvgIpc) is 2.51. The van der Waals surface area contributed by atoms with Crippen LogP contribution in [0, 0.1) is 12.3 Å². The Bertz CT molecular complexity index is 776. The third-order valence-electron chi connectivity index (χ3n) is 3.53. The van der Waals surface area contributed by atoms with E-state index in [-0.39, 0.29) is 24.3 Å². The van der Waals surface area contributed by atoms with Crippen molar-refractivity contribution in [3.05, 3.63) is 59.2 Å². The summed E-state index contributed by atoms with van der Waals surface area (Å²) in [6, 6.07) is 11.3. The maximum absolute atomic E-state index is 11.8. The van der Waals surface area contributed by atoms with Gasteiger partial charge in [0, 0.05) is 11.3 Å². The second-order valence-electron chi connectivity index (χ2n) is 6.15. The monoisotopic (exact) mass is 377 g/mol. The van der Waals surface area contributed by atoms with Crippen molar-refractivity contribution in [2.75, 3.05) is 5.32 Å². The summed E-state index contributed by atoms with van der Waals surface area (Å²) in [4.78, 5) is 11.8. The van der Waals surface area contributed by atoms with E-state index in [1.807, 2.05) is 32.9 Å². The Morgan fingerprint density at radius 3 is 2.31 bits per heavy atom. The number of halogens is 1. The highest BCUT2D eigenvalue weighted by atomic mass is 35.5. The fraction of sp³-hybridized carbons (Fsp3) is 0.263. The van der Waals surface area contributed by atoms with E-state index in [1.54, 1.807) is 30.3 Å². The topological polar surface area (TPSA) is 108 Å². The Labute approximate surface area is 159 Å². The van der Waals surface area contributed by atoms with Crippen molar-refractivity contribution < 1.29 is 14.6 Å². The summed E-state index contributed by atoms with van der Waals surface area (Å²) in [6.07, 6.45) is 0.00464. The lowest BCUT2D eigenvalue weighted by Gasteiger charge is -2.19. The normalized spacial score (nSPS) is 11.4. The fourth-order valence-electron chi connectivity index (χ4n) is 2.48. The zero-order valence-electron chi connectivity index (χ0n) is 14.9. The molecule has 0 fully saturated rings. The van der Waals surface area contributed by atoms with Gasteiger partial charge < -0.3 is 20.9 Å². The van der Waals surface area contributed by atoms with Gasteiger partial charge in [-0.3, -0.25) is 5.41 Å². The van der Waals surface area contributed by atoms with Crippen molar-refractivity contribution >= 4 is 29.9 Å². The SMILES string of the molecule is Cc1cc(OC(C)C)cc(C(Nc2ccc(C(=N)N)cc2)C(=O)O)c1.Cl. The van der Waals surface area contributed by atoms with Crippen LogP contribution in [-0.2, 0) is 4.79 Å². The van der Waals surface area contributed by atoms with E-state index in [2.05, 4.69) is 5.32 Å². The number of carbonyl (C=O) groups is 1. The minimum atomic E-state index is -0.989. The first kappa shape index (κ1) is 21.3. The number of rotatable bonds is 7. The number of anilines is 1. The van der Waals surface area contributed by atoms with Gasteiger partial charge >= 0.3 is 5.97 Å². The molecule has 0 aromatic heterocycles. The number of aliphatic carboxylic acids is 1. The molecule has 2 aromatic carbocycles. The largest absolute Gasteiger partial charge is 0.491 e. The molecule has 0 amide bonds. The van der Waals surface area contributed by atoms with Crippen molar-refractivity contribution in [3.8, 4) is 5.75 Å². The molecule has 1 atom stereocenters. The van der Waals surface area contributed by atoms with Gasteiger partial charge in [-0.1, -0.05) is 6.07 Å². The van der Waals surface area contributed by atoms with E-state index < -0.39 is 12.0 Å². The van der Waals surface area contributed by atoms with Gasteiger partial charge in [0.05, 0.1) is 6.10 Å². The Kier molecular flexibility index (Phi) is 7.46. The molecule has 2 aromatic rings. The molecule has 26 heavy (non-hydrogen) atoms. The van der Waals surface area contributed by atoms with Gasteiger partial charge in [0.15, 0.2) is 6.04 Å². The second kappa shape index (κ2) is 9.10. The van der Waals surface area contributed by atoms with E-state index in [0.29, 0.717) is 22.6 Å². The maximum atomic E-state index is 11.8. The van der Waals surface area contributed by atoms with Gasteiger partial charge in [-0.05, 0) is 68.3 Å². The molecule has 5 N–H and O–H groups in total. The number of nitrogens with one attached hydrogen (secondary N) is 2. The number of nitrogens with two attached hydrogens (primary N) is 1. The Morgan fingerprint density at radius 1 is 1.19 bits per heavy atom. The number of amidine groups is 1. The summed E-state index contributed by atoms with van der Waals surface area (Å²) in [5, 5.41) is 20.0. The molecule has 7 heteroatoms. The molecule has 0 aliphatic heterocycles. The van der Waals surface area contributed by atoms with Gasteiger partial charge in [0.1, 0.15) is 11.6 Å². The molecule has 0 radical (unpaired) electrons. The quantitative estimate of drug-likeness (QED) is 0.434. The van der Waals surface area contributed by atoms with Crippen molar-refractivity contribution in [2.24, 2.45) is 5.73 Å². The van der Waals surface area contributed by atoms with Crippen molar-refractivity contribution in [3.63, 3.8) is 0 Å². The predicted octanol–water partition coefficient (Wildman–Crippen LogP) is 3.73. The molecule has 0 saturated heterocycles. The minimum Gasteiger partial charge on any atom is -0.491 e. The fourth-order valence-corrected chi connectivity index (χ4v) is 2.48. The van der Waals surface area contributed by atoms with Gasteiger partial charge in [-0.2, -0.15) is 0 Å². The first-order chi connectivity index (χ1) is 11.8. The summed E-state index contributed by atoms with van der Waals surface area (Å²) in [5.74, 6) is -0.378. The van der Waals surface area contributed by atoms with Crippen molar-refractivity contribution in [1.29, 1.82) is 5.41 Å². The number of benzene rings is 2. The third-order valence-corrected chi connectivity index (χ3v) is 3.53. The van der Waals surface area contributed by atoms with E-state index in [0.717, 1.165) is 5.56 Å². The molecule has 0 aliphatic rings. The summed E-state index contributed by atoms with van der Waals surface area (Å²) >= 11 is 0. The molecule has 0 bridgehead atoms.